The molecule has 0 atom stereocenters. The van der Waals surface area contributed by atoms with Crippen LogP contribution in [0.2, 0.25) is 0 Å². The van der Waals surface area contributed by atoms with Crippen LogP contribution in [0.15, 0.2) is 42.5 Å². The third kappa shape index (κ3) is 6.12. The van der Waals surface area contributed by atoms with Crippen LogP contribution in [0.3, 0.4) is 0 Å². The number of carbonyl (C=O) groups is 4. The van der Waals surface area contributed by atoms with E-state index >= 15 is 0 Å². The number of ether oxygens (including phenoxy) is 2. The average Bonchev–Trinajstić information content (AvgIpc) is 2.72. The number of rotatable bonds is 7. The summed E-state index contributed by atoms with van der Waals surface area (Å²) in [7, 11) is 1.09. The first kappa shape index (κ1) is 22.0. The Bertz CT molecular complexity index is 1000. The summed E-state index contributed by atoms with van der Waals surface area (Å²) >= 11 is 0. The number of amides is 2. The van der Waals surface area contributed by atoms with Gasteiger partial charge in [-0.2, -0.15) is 0 Å². The quantitative estimate of drug-likeness (QED) is 0.396. The van der Waals surface area contributed by atoms with Crippen molar-refractivity contribution in [1.82, 2.24) is 0 Å². The van der Waals surface area contributed by atoms with Crippen LogP contribution in [-0.4, -0.2) is 42.4 Å². The molecular weight excluding hydrogens is 398 g/mol. The zero-order chi connectivity index (χ0) is 22.3. The van der Waals surface area contributed by atoms with Gasteiger partial charge in [0.05, 0.1) is 23.2 Å². The molecule has 0 unspecified atom stereocenters. The topological polar surface area (TPSA) is 154 Å². The van der Waals surface area contributed by atoms with E-state index < -0.39 is 35.1 Å². The molecule has 30 heavy (non-hydrogen) atoms. The Kier molecular flexibility index (Phi) is 7.17. The smallest absolute Gasteiger partial charge is 0.338 e. The maximum Gasteiger partial charge on any atom is 0.338 e. The first-order valence-electron chi connectivity index (χ1n) is 8.42. The lowest BCUT2D eigenvalue weighted by Crippen LogP contribution is -2.21. The van der Waals surface area contributed by atoms with E-state index in [1.807, 2.05) is 0 Å². The van der Waals surface area contributed by atoms with Crippen molar-refractivity contribution in [3.8, 4) is 0 Å². The predicted octanol–water partition coefficient (Wildman–Crippen LogP) is 2.14. The Morgan fingerprint density at radius 1 is 0.933 bits per heavy atom. The molecule has 2 rings (SSSR count). The minimum absolute atomic E-state index is 0.206. The van der Waals surface area contributed by atoms with Gasteiger partial charge in [0.1, 0.15) is 0 Å². The molecule has 0 saturated heterocycles. The number of hydrogen-bond donors (Lipinski definition) is 2. The molecule has 11 nitrogen and oxygen atoms in total. The number of anilines is 2. The van der Waals surface area contributed by atoms with Crippen LogP contribution < -0.4 is 10.6 Å². The van der Waals surface area contributed by atoms with E-state index in [1.54, 1.807) is 12.1 Å². The molecule has 0 bridgehead atoms. The van der Waals surface area contributed by atoms with Gasteiger partial charge < -0.3 is 20.1 Å². The third-order valence-electron chi connectivity index (χ3n) is 3.61. The second-order valence-corrected chi connectivity index (χ2v) is 5.90. The molecule has 0 aliphatic carbocycles. The molecule has 0 fully saturated rings. The van der Waals surface area contributed by atoms with Gasteiger partial charge in [-0.3, -0.25) is 19.7 Å². The molecule has 2 amide bonds. The number of nitro benzene ring substituents is 1. The maximum absolute atomic E-state index is 12.2. The van der Waals surface area contributed by atoms with Crippen LogP contribution in [0.1, 0.15) is 27.6 Å². The molecule has 0 aromatic heterocycles. The van der Waals surface area contributed by atoms with E-state index in [2.05, 4.69) is 15.4 Å². The minimum atomic E-state index is -1.03. The summed E-state index contributed by atoms with van der Waals surface area (Å²) in [5, 5.41) is 16.1. The highest BCUT2D eigenvalue weighted by molar-refractivity contribution is 5.98. The van der Waals surface area contributed by atoms with Crippen LogP contribution in [0.25, 0.3) is 0 Å². The fraction of sp³-hybridized carbons (Fsp3) is 0.158. The number of nitro groups is 1. The molecule has 2 aromatic rings. The van der Waals surface area contributed by atoms with Crippen molar-refractivity contribution < 1.29 is 33.6 Å². The lowest BCUT2D eigenvalue weighted by atomic mass is 10.1. The van der Waals surface area contributed by atoms with Crippen molar-refractivity contribution in [2.45, 2.75) is 6.92 Å². The Morgan fingerprint density at radius 3 is 1.97 bits per heavy atom. The van der Waals surface area contributed by atoms with Gasteiger partial charge in [-0.05, 0) is 30.3 Å². The summed E-state index contributed by atoms with van der Waals surface area (Å²) in [4.78, 5) is 57.0. The number of nitrogens with one attached hydrogen (secondary N) is 2. The highest BCUT2D eigenvalue weighted by Gasteiger charge is 2.20. The van der Waals surface area contributed by atoms with Crippen LogP contribution in [-0.2, 0) is 19.1 Å². The van der Waals surface area contributed by atoms with Crippen LogP contribution in [0.5, 0.6) is 0 Å². The van der Waals surface area contributed by atoms with Gasteiger partial charge in [0, 0.05) is 30.4 Å². The number of carbonyl (C=O) groups excluding carboxylic acids is 4. The molecule has 0 aliphatic rings. The first-order valence-corrected chi connectivity index (χ1v) is 8.42. The van der Waals surface area contributed by atoms with Gasteiger partial charge >= 0.3 is 11.9 Å². The number of benzene rings is 2. The van der Waals surface area contributed by atoms with Gasteiger partial charge in [-0.1, -0.05) is 0 Å². The highest BCUT2D eigenvalue weighted by Crippen LogP contribution is 2.19. The first-order chi connectivity index (χ1) is 14.2. The van der Waals surface area contributed by atoms with Crippen molar-refractivity contribution in [3.05, 3.63) is 63.7 Å². The fourth-order valence-electron chi connectivity index (χ4n) is 2.32. The molecule has 2 N–H and O–H groups in total. The Balaban J connectivity index is 2.01. The maximum atomic E-state index is 12.2. The van der Waals surface area contributed by atoms with E-state index in [9.17, 15) is 29.3 Å². The number of esters is 2. The summed E-state index contributed by atoms with van der Waals surface area (Å²) in [6.07, 6.45) is 0. The predicted molar refractivity (Wildman–Crippen MR) is 104 cm³/mol. The van der Waals surface area contributed by atoms with Crippen molar-refractivity contribution in [2.75, 3.05) is 24.4 Å². The molecule has 11 heteroatoms. The zero-order valence-corrected chi connectivity index (χ0v) is 16.0. The summed E-state index contributed by atoms with van der Waals surface area (Å²) in [5.41, 5.74) is -0.0551. The Labute approximate surface area is 170 Å². The summed E-state index contributed by atoms with van der Waals surface area (Å²) in [5.74, 6) is -2.79. The second kappa shape index (κ2) is 9.78. The van der Waals surface area contributed by atoms with E-state index in [4.69, 9.17) is 4.74 Å². The lowest BCUT2D eigenvalue weighted by Gasteiger charge is -2.08. The Hall–Kier alpha value is -4.28. The normalized spacial score (nSPS) is 9.93. The molecule has 0 saturated carbocycles. The van der Waals surface area contributed by atoms with Gasteiger partial charge in [-0.25, -0.2) is 9.59 Å². The lowest BCUT2D eigenvalue weighted by molar-refractivity contribution is -0.384. The number of hydrogen-bond acceptors (Lipinski definition) is 8. The number of methoxy groups -OCH3 is 1. The molecule has 0 heterocycles. The van der Waals surface area contributed by atoms with Crippen LogP contribution in [0, 0.1) is 10.1 Å². The second-order valence-electron chi connectivity index (χ2n) is 5.90. The molecule has 2 aromatic carbocycles. The van der Waals surface area contributed by atoms with Gasteiger partial charge in [0.2, 0.25) is 5.91 Å². The highest BCUT2D eigenvalue weighted by atomic mass is 16.6. The average molecular weight is 415 g/mol. The molecule has 0 spiro atoms. The summed E-state index contributed by atoms with van der Waals surface area (Å²) in [6, 6.07) is 9.16. The summed E-state index contributed by atoms with van der Waals surface area (Å²) < 4.78 is 9.36. The number of nitrogens with zero attached hydrogens (tertiary/aromatic N) is 1. The molecule has 156 valence electrons. The zero-order valence-electron chi connectivity index (χ0n) is 16.0. The fourth-order valence-corrected chi connectivity index (χ4v) is 2.32. The van der Waals surface area contributed by atoms with E-state index in [0.29, 0.717) is 11.4 Å². The van der Waals surface area contributed by atoms with Gasteiger partial charge in [-0.15, -0.1) is 0 Å². The van der Waals surface area contributed by atoms with Gasteiger partial charge in [0.15, 0.2) is 6.61 Å². The largest absolute Gasteiger partial charge is 0.465 e. The minimum Gasteiger partial charge on any atom is -0.465 e. The van der Waals surface area contributed by atoms with Gasteiger partial charge in [0.25, 0.3) is 11.6 Å². The standard InChI is InChI=1S/C19H17N3O8/c1-11(23)20-14-3-5-15(6-4-14)21-17(24)10-30-19(26)13-7-12(18(25)29-2)8-16(9-13)22(27)28/h3-9H,10H2,1-2H3,(H,20,23)(H,21,24). The summed E-state index contributed by atoms with van der Waals surface area (Å²) in [6.45, 7) is 0.696. The van der Waals surface area contributed by atoms with Crippen molar-refractivity contribution in [2.24, 2.45) is 0 Å². The molecule has 0 radical (unpaired) electrons. The monoisotopic (exact) mass is 415 g/mol. The molecular formula is C19H17N3O8. The van der Waals surface area contributed by atoms with Crippen molar-refractivity contribution >= 4 is 40.8 Å². The Morgan fingerprint density at radius 2 is 1.47 bits per heavy atom. The SMILES string of the molecule is COC(=O)c1cc(C(=O)OCC(=O)Nc2ccc(NC(C)=O)cc2)cc([N+](=O)[O-])c1. The van der Waals surface area contributed by atoms with Crippen LogP contribution >= 0.6 is 0 Å². The number of non-ortho nitro benzene ring substituents is 1. The van der Waals surface area contributed by atoms with E-state index in [1.165, 1.54) is 19.1 Å². The third-order valence-corrected chi connectivity index (χ3v) is 3.61. The molecule has 0 aliphatic heterocycles. The van der Waals surface area contributed by atoms with E-state index in [0.717, 1.165) is 25.3 Å². The van der Waals surface area contributed by atoms with E-state index in [-0.39, 0.29) is 17.0 Å². The van der Waals surface area contributed by atoms with Crippen molar-refractivity contribution in [1.29, 1.82) is 0 Å². The van der Waals surface area contributed by atoms with Crippen LogP contribution in [0.4, 0.5) is 17.1 Å². The van der Waals surface area contributed by atoms with Crippen molar-refractivity contribution in [3.63, 3.8) is 0 Å².